The van der Waals surface area contributed by atoms with E-state index in [1.807, 2.05) is 41.3 Å². The van der Waals surface area contributed by atoms with Gasteiger partial charge < -0.3 is 28.7 Å². The van der Waals surface area contributed by atoms with Crippen molar-refractivity contribution in [3.63, 3.8) is 0 Å². The highest BCUT2D eigenvalue weighted by Crippen LogP contribution is 2.38. The fourth-order valence-corrected chi connectivity index (χ4v) is 3.53. The first-order valence-corrected chi connectivity index (χ1v) is 9.55. The molecule has 1 aliphatic heterocycles. The highest BCUT2D eigenvalue weighted by atomic mass is 16.5. The molecule has 0 saturated carbocycles. The molecule has 0 radical (unpaired) electrons. The summed E-state index contributed by atoms with van der Waals surface area (Å²) in [5.41, 5.74) is 1.98. The van der Waals surface area contributed by atoms with Crippen LogP contribution in [0.3, 0.4) is 0 Å². The van der Waals surface area contributed by atoms with Gasteiger partial charge in [0.25, 0.3) is 0 Å². The summed E-state index contributed by atoms with van der Waals surface area (Å²) in [7, 11) is 6.36. The maximum Gasteiger partial charge on any atom is 0.227 e. The van der Waals surface area contributed by atoms with Gasteiger partial charge in [-0.1, -0.05) is 0 Å². The van der Waals surface area contributed by atoms with Crippen LogP contribution in [-0.4, -0.2) is 65.4 Å². The van der Waals surface area contributed by atoms with E-state index >= 15 is 0 Å². The van der Waals surface area contributed by atoms with Crippen molar-refractivity contribution < 1.29 is 23.7 Å². The van der Waals surface area contributed by atoms with Gasteiger partial charge in [0.1, 0.15) is 5.75 Å². The molecular formula is C22H28N2O5. The molecule has 1 saturated heterocycles. The van der Waals surface area contributed by atoms with E-state index in [1.165, 1.54) is 0 Å². The zero-order valence-corrected chi connectivity index (χ0v) is 17.4. The molecule has 0 atom stereocenters. The molecule has 0 spiro atoms. The summed E-state index contributed by atoms with van der Waals surface area (Å²) in [5.74, 6) is 2.57. The number of piperazine rings is 1. The standard InChI is InChI=1S/C22H28N2O5/c1-26-18-7-5-17(6-8-18)23-9-11-24(12-10-23)21(25)15-16-13-19(27-2)22(29-4)20(14-16)28-3/h5-8,13-14H,9-12,15H2,1-4H3. The van der Waals surface area contributed by atoms with Crippen molar-refractivity contribution in [2.75, 3.05) is 59.5 Å². The average Bonchev–Trinajstić information content (AvgIpc) is 2.78. The van der Waals surface area contributed by atoms with Crippen molar-refractivity contribution in [2.24, 2.45) is 0 Å². The van der Waals surface area contributed by atoms with E-state index in [0.29, 0.717) is 36.8 Å². The van der Waals surface area contributed by atoms with E-state index < -0.39 is 0 Å². The second kappa shape index (κ2) is 9.41. The van der Waals surface area contributed by atoms with Crippen LogP contribution in [0, 0.1) is 0 Å². The van der Waals surface area contributed by atoms with Gasteiger partial charge in [-0.3, -0.25) is 4.79 Å². The van der Waals surface area contributed by atoms with Gasteiger partial charge in [-0.25, -0.2) is 0 Å². The average molecular weight is 400 g/mol. The first-order chi connectivity index (χ1) is 14.1. The fourth-order valence-electron chi connectivity index (χ4n) is 3.53. The second-order valence-corrected chi connectivity index (χ2v) is 6.78. The molecule has 1 heterocycles. The van der Waals surface area contributed by atoms with Crippen LogP contribution in [0.15, 0.2) is 36.4 Å². The molecule has 0 bridgehead atoms. The Bertz CT molecular complexity index is 805. The molecule has 1 aliphatic rings. The molecule has 29 heavy (non-hydrogen) atoms. The van der Waals surface area contributed by atoms with E-state index in [4.69, 9.17) is 18.9 Å². The summed E-state index contributed by atoms with van der Waals surface area (Å²) in [4.78, 5) is 17.0. The zero-order chi connectivity index (χ0) is 20.8. The Kier molecular flexibility index (Phi) is 6.69. The number of hydrogen-bond acceptors (Lipinski definition) is 6. The summed E-state index contributed by atoms with van der Waals surface area (Å²) in [5, 5.41) is 0. The highest BCUT2D eigenvalue weighted by molar-refractivity contribution is 5.79. The molecule has 1 amide bonds. The molecule has 0 aliphatic carbocycles. The minimum atomic E-state index is 0.0913. The SMILES string of the molecule is COc1ccc(N2CCN(C(=O)Cc3cc(OC)c(OC)c(OC)c3)CC2)cc1. The minimum Gasteiger partial charge on any atom is -0.497 e. The predicted molar refractivity (Wildman–Crippen MR) is 112 cm³/mol. The number of carbonyl (C=O) groups excluding carboxylic acids is 1. The smallest absolute Gasteiger partial charge is 0.227 e. The molecule has 0 aromatic heterocycles. The Morgan fingerprint density at radius 3 is 1.90 bits per heavy atom. The molecule has 0 N–H and O–H groups in total. The summed E-state index contributed by atoms with van der Waals surface area (Å²) in [6.45, 7) is 2.98. The van der Waals surface area contributed by atoms with Crippen LogP contribution in [0.2, 0.25) is 0 Å². The Morgan fingerprint density at radius 2 is 1.41 bits per heavy atom. The Balaban J connectivity index is 1.62. The number of hydrogen-bond donors (Lipinski definition) is 0. The lowest BCUT2D eigenvalue weighted by atomic mass is 10.1. The minimum absolute atomic E-state index is 0.0913. The van der Waals surface area contributed by atoms with Gasteiger partial charge in [-0.2, -0.15) is 0 Å². The van der Waals surface area contributed by atoms with Crippen molar-refractivity contribution in [2.45, 2.75) is 6.42 Å². The summed E-state index contributed by atoms with van der Waals surface area (Å²) in [6.07, 6.45) is 0.291. The van der Waals surface area contributed by atoms with Crippen molar-refractivity contribution in [3.05, 3.63) is 42.0 Å². The highest BCUT2D eigenvalue weighted by Gasteiger charge is 2.22. The fraction of sp³-hybridized carbons (Fsp3) is 0.409. The Hall–Kier alpha value is -3.09. The van der Waals surface area contributed by atoms with E-state index in [9.17, 15) is 4.79 Å². The predicted octanol–water partition coefficient (Wildman–Crippen LogP) is 2.61. The number of methoxy groups -OCH3 is 4. The van der Waals surface area contributed by atoms with Crippen LogP contribution in [0.5, 0.6) is 23.0 Å². The van der Waals surface area contributed by atoms with Crippen molar-refractivity contribution in [3.8, 4) is 23.0 Å². The van der Waals surface area contributed by atoms with Gasteiger partial charge in [0.15, 0.2) is 11.5 Å². The number of amides is 1. The lowest BCUT2D eigenvalue weighted by molar-refractivity contribution is -0.130. The number of rotatable bonds is 7. The van der Waals surface area contributed by atoms with E-state index in [-0.39, 0.29) is 5.91 Å². The normalized spacial score (nSPS) is 13.8. The number of anilines is 1. The van der Waals surface area contributed by atoms with Crippen LogP contribution >= 0.6 is 0 Å². The zero-order valence-electron chi connectivity index (χ0n) is 17.4. The molecule has 3 rings (SSSR count). The Morgan fingerprint density at radius 1 is 0.828 bits per heavy atom. The molecular weight excluding hydrogens is 372 g/mol. The third-order valence-electron chi connectivity index (χ3n) is 5.15. The first-order valence-electron chi connectivity index (χ1n) is 9.55. The van der Waals surface area contributed by atoms with Gasteiger partial charge in [-0.05, 0) is 42.0 Å². The lowest BCUT2D eigenvalue weighted by Crippen LogP contribution is -2.49. The molecule has 1 fully saturated rings. The largest absolute Gasteiger partial charge is 0.497 e. The van der Waals surface area contributed by atoms with Crippen LogP contribution in [0.4, 0.5) is 5.69 Å². The van der Waals surface area contributed by atoms with Crippen molar-refractivity contribution >= 4 is 11.6 Å². The van der Waals surface area contributed by atoms with E-state index in [0.717, 1.165) is 30.1 Å². The lowest BCUT2D eigenvalue weighted by Gasteiger charge is -2.36. The summed E-state index contributed by atoms with van der Waals surface area (Å²) in [6, 6.07) is 11.7. The summed E-state index contributed by atoms with van der Waals surface area (Å²) >= 11 is 0. The van der Waals surface area contributed by atoms with Gasteiger partial charge in [0, 0.05) is 31.9 Å². The number of ether oxygens (including phenoxy) is 4. The maximum absolute atomic E-state index is 12.8. The molecule has 7 nitrogen and oxygen atoms in total. The second-order valence-electron chi connectivity index (χ2n) is 6.78. The van der Waals surface area contributed by atoms with Crippen LogP contribution in [0.25, 0.3) is 0 Å². The van der Waals surface area contributed by atoms with Gasteiger partial charge in [0.2, 0.25) is 11.7 Å². The van der Waals surface area contributed by atoms with Crippen molar-refractivity contribution in [1.82, 2.24) is 4.90 Å². The van der Waals surface area contributed by atoms with Crippen molar-refractivity contribution in [1.29, 1.82) is 0 Å². The summed E-state index contributed by atoms with van der Waals surface area (Å²) < 4.78 is 21.3. The quantitative estimate of drug-likeness (QED) is 0.712. The topological polar surface area (TPSA) is 60.5 Å². The first kappa shape index (κ1) is 20.6. The van der Waals surface area contributed by atoms with Gasteiger partial charge >= 0.3 is 0 Å². The molecule has 156 valence electrons. The van der Waals surface area contributed by atoms with E-state index in [2.05, 4.69) is 4.90 Å². The maximum atomic E-state index is 12.8. The van der Waals surface area contributed by atoms with Crippen LogP contribution in [-0.2, 0) is 11.2 Å². The van der Waals surface area contributed by atoms with Gasteiger partial charge in [0.05, 0.1) is 34.9 Å². The van der Waals surface area contributed by atoms with Crippen LogP contribution in [0.1, 0.15) is 5.56 Å². The van der Waals surface area contributed by atoms with Crippen LogP contribution < -0.4 is 23.8 Å². The molecule has 2 aromatic rings. The molecule has 2 aromatic carbocycles. The molecule has 0 unspecified atom stereocenters. The van der Waals surface area contributed by atoms with Gasteiger partial charge in [-0.15, -0.1) is 0 Å². The monoisotopic (exact) mass is 400 g/mol. The number of nitrogens with zero attached hydrogens (tertiary/aromatic N) is 2. The Labute approximate surface area is 171 Å². The third-order valence-corrected chi connectivity index (χ3v) is 5.15. The van der Waals surface area contributed by atoms with E-state index in [1.54, 1.807) is 28.4 Å². The number of carbonyl (C=O) groups is 1. The molecule has 7 heteroatoms. The third kappa shape index (κ3) is 4.67. The number of benzene rings is 2.